The Hall–Kier alpha value is -4.99. The van der Waals surface area contributed by atoms with Crippen LogP contribution in [0.2, 0.25) is 5.02 Å². The van der Waals surface area contributed by atoms with Crippen LogP contribution in [0.25, 0.3) is 23.1 Å². The molecule has 0 radical (unpaired) electrons. The fraction of sp³-hybridized carbons (Fsp3) is 0.0909. The Morgan fingerprint density at radius 1 is 1.02 bits per heavy atom. The molecule has 0 spiro atoms. The minimum absolute atomic E-state index is 0.0436. The van der Waals surface area contributed by atoms with Gasteiger partial charge in [0.2, 0.25) is 0 Å². The lowest BCUT2D eigenvalue weighted by Gasteiger charge is -2.25. The first-order valence-electron chi connectivity index (χ1n) is 13.3. The lowest BCUT2D eigenvalue weighted by molar-refractivity contribution is -0.138. The molecule has 1 N–H and O–H groups in total. The first-order valence-corrected chi connectivity index (χ1v) is 14.5. The second kappa shape index (κ2) is 11.7. The van der Waals surface area contributed by atoms with Crippen LogP contribution in [0.5, 0.6) is 0 Å². The van der Waals surface area contributed by atoms with Crippen LogP contribution < -0.4 is 14.9 Å². The minimum Gasteiger partial charge on any atom is -0.478 e. The predicted octanol–water partition coefficient (Wildman–Crippen LogP) is 5.55. The van der Waals surface area contributed by atoms with E-state index in [1.807, 2.05) is 60.7 Å². The molecule has 0 saturated carbocycles. The Bertz CT molecular complexity index is 2080. The highest BCUT2D eigenvalue weighted by atomic mass is 35.5. The molecule has 0 saturated heterocycles. The molecular formula is C33H23ClN2O6S. The van der Waals surface area contributed by atoms with Gasteiger partial charge in [-0.2, -0.15) is 0 Å². The van der Waals surface area contributed by atoms with Gasteiger partial charge >= 0.3 is 11.9 Å². The SMILES string of the molecule is CCOC(=O)C1=C(c2ccccc2)N=c2s/c(=C\c3ccc(-c4ccc(Cl)c(C(=O)O)c4)o3)c(=O)n2[C@@H]1c1ccccc1. The van der Waals surface area contributed by atoms with E-state index in [0.29, 0.717) is 32.1 Å². The second-order valence-corrected chi connectivity index (χ2v) is 11.0. The van der Waals surface area contributed by atoms with Crippen LogP contribution in [0.15, 0.2) is 111 Å². The zero-order chi connectivity index (χ0) is 30.1. The number of aromatic carboxylic acids is 1. The molecule has 3 heterocycles. The molecule has 0 fully saturated rings. The summed E-state index contributed by atoms with van der Waals surface area (Å²) >= 11 is 7.20. The Labute approximate surface area is 254 Å². The summed E-state index contributed by atoms with van der Waals surface area (Å²) in [5.74, 6) is -0.898. The number of thiazole rings is 1. The van der Waals surface area contributed by atoms with Crippen molar-refractivity contribution in [2.75, 3.05) is 6.61 Å². The monoisotopic (exact) mass is 610 g/mol. The molecule has 3 aromatic carbocycles. The highest BCUT2D eigenvalue weighted by molar-refractivity contribution is 7.07. The molecule has 214 valence electrons. The third-order valence-electron chi connectivity index (χ3n) is 6.87. The average Bonchev–Trinajstić information content (AvgIpc) is 3.61. The molecule has 10 heteroatoms. The molecule has 5 aromatic rings. The number of nitrogens with zero attached hydrogens (tertiary/aromatic N) is 2. The van der Waals surface area contributed by atoms with Crippen molar-refractivity contribution in [1.82, 2.24) is 4.57 Å². The van der Waals surface area contributed by atoms with Crippen LogP contribution in [0, 0.1) is 0 Å². The Balaban J connectivity index is 1.52. The molecule has 0 bridgehead atoms. The highest BCUT2D eigenvalue weighted by Crippen LogP contribution is 2.35. The molecule has 1 aliphatic heterocycles. The van der Waals surface area contributed by atoms with Gasteiger partial charge in [0, 0.05) is 17.2 Å². The number of carbonyl (C=O) groups excluding carboxylic acids is 1. The normalized spacial score (nSPS) is 14.7. The van der Waals surface area contributed by atoms with Gasteiger partial charge in [-0.05, 0) is 42.8 Å². The summed E-state index contributed by atoms with van der Waals surface area (Å²) in [6.07, 6.45) is 1.61. The number of carboxylic acids is 1. The number of carboxylic acid groups (broad SMARTS) is 1. The van der Waals surface area contributed by atoms with E-state index >= 15 is 0 Å². The van der Waals surface area contributed by atoms with Crippen molar-refractivity contribution >= 4 is 46.6 Å². The number of fused-ring (bicyclic) bond motifs is 1. The molecule has 1 aliphatic rings. The number of benzene rings is 3. The molecule has 6 rings (SSSR count). The molecule has 2 aromatic heterocycles. The number of aromatic nitrogens is 1. The summed E-state index contributed by atoms with van der Waals surface area (Å²) in [6, 6.07) is 25.8. The zero-order valence-corrected chi connectivity index (χ0v) is 24.3. The molecular weight excluding hydrogens is 588 g/mol. The quantitative estimate of drug-likeness (QED) is 0.242. The number of carbonyl (C=O) groups is 2. The van der Waals surface area contributed by atoms with Gasteiger partial charge in [0.05, 0.1) is 39.0 Å². The summed E-state index contributed by atoms with van der Waals surface area (Å²) in [4.78, 5) is 44.3. The molecule has 43 heavy (non-hydrogen) atoms. The number of esters is 1. The van der Waals surface area contributed by atoms with Gasteiger partial charge < -0.3 is 14.3 Å². The smallest absolute Gasteiger partial charge is 0.338 e. The zero-order valence-electron chi connectivity index (χ0n) is 22.7. The summed E-state index contributed by atoms with van der Waals surface area (Å²) in [6.45, 7) is 1.90. The Kier molecular flexibility index (Phi) is 7.67. The number of hydrogen-bond acceptors (Lipinski definition) is 7. The summed E-state index contributed by atoms with van der Waals surface area (Å²) in [7, 11) is 0. The van der Waals surface area contributed by atoms with Crippen molar-refractivity contribution < 1.29 is 23.8 Å². The average molecular weight is 611 g/mol. The van der Waals surface area contributed by atoms with Crippen molar-refractivity contribution in [2.45, 2.75) is 13.0 Å². The maximum absolute atomic E-state index is 14.0. The van der Waals surface area contributed by atoms with Crippen LogP contribution in [0.4, 0.5) is 0 Å². The molecule has 1 atom stereocenters. The van der Waals surface area contributed by atoms with Gasteiger partial charge in [-0.15, -0.1) is 0 Å². The number of rotatable bonds is 7. The lowest BCUT2D eigenvalue weighted by Crippen LogP contribution is -2.39. The maximum atomic E-state index is 14.0. The van der Waals surface area contributed by atoms with E-state index < -0.39 is 18.0 Å². The van der Waals surface area contributed by atoms with Gasteiger partial charge in [-0.25, -0.2) is 14.6 Å². The number of furan rings is 1. The fourth-order valence-electron chi connectivity index (χ4n) is 4.95. The van der Waals surface area contributed by atoms with Gasteiger partial charge in [0.15, 0.2) is 4.80 Å². The third-order valence-corrected chi connectivity index (χ3v) is 8.18. The molecule has 0 unspecified atom stereocenters. The summed E-state index contributed by atoms with van der Waals surface area (Å²) in [5.41, 5.74) is 2.32. The van der Waals surface area contributed by atoms with Crippen LogP contribution in [-0.2, 0) is 9.53 Å². The standard InChI is InChI=1S/C33H23ClN2O6S/c1-2-41-32(40)27-28(19-9-5-3-6-10-19)35-33-36(29(27)20-11-7-4-8-12-20)30(37)26(43-33)18-22-14-16-25(42-22)21-13-15-24(34)23(17-21)31(38)39/h3-18,29H,2H2,1H3,(H,38,39)/b26-18-/t29-/m1/s1. The third kappa shape index (κ3) is 5.36. The van der Waals surface area contributed by atoms with E-state index in [1.54, 1.807) is 31.2 Å². The summed E-state index contributed by atoms with van der Waals surface area (Å²) < 4.78 is 13.3. The van der Waals surface area contributed by atoms with Crippen molar-refractivity contribution in [1.29, 1.82) is 0 Å². The summed E-state index contributed by atoms with van der Waals surface area (Å²) in [5, 5.41) is 9.55. The van der Waals surface area contributed by atoms with Gasteiger partial charge in [-0.3, -0.25) is 9.36 Å². The fourth-order valence-corrected chi connectivity index (χ4v) is 6.13. The first-order chi connectivity index (χ1) is 20.9. The van der Waals surface area contributed by atoms with E-state index in [4.69, 9.17) is 25.7 Å². The van der Waals surface area contributed by atoms with Crippen molar-refractivity contribution in [2.24, 2.45) is 4.99 Å². The van der Waals surface area contributed by atoms with E-state index in [-0.39, 0.29) is 28.3 Å². The largest absolute Gasteiger partial charge is 0.478 e. The van der Waals surface area contributed by atoms with E-state index in [9.17, 15) is 19.5 Å². The van der Waals surface area contributed by atoms with Crippen molar-refractivity contribution in [3.8, 4) is 11.3 Å². The maximum Gasteiger partial charge on any atom is 0.338 e. The van der Waals surface area contributed by atoms with Crippen LogP contribution in [-0.4, -0.2) is 28.2 Å². The Morgan fingerprint density at radius 2 is 1.74 bits per heavy atom. The number of ether oxygens (including phenoxy) is 1. The van der Waals surface area contributed by atoms with Gasteiger partial charge in [0.1, 0.15) is 11.5 Å². The second-order valence-electron chi connectivity index (χ2n) is 9.54. The van der Waals surface area contributed by atoms with Crippen molar-refractivity contribution in [3.63, 3.8) is 0 Å². The van der Waals surface area contributed by atoms with Gasteiger partial charge in [0.25, 0.3) is 5.56 Å². The lowest BCUT2D eigenvalue weighted by atomic mass is 9.93. The van der Waals surface area contributed by atoms with Gasteiger partial charge in [-0.1, -0.05) is 83.6 Å². The first kappa shape index (κ1) is 28.1. The molecule has 0 amide bonds. The number of halogens is 1. The van der Waals surface area contributed by atoms with Crippen LogP contribution in [0.3, 0.4) is 0 Å². The number of hydrogen-bond donors (Lipinski definition) is 1. The molecule has 8 nitrogen and oxygen atoms in total. The van der Waals surface area contributed by atoms with Crippen molar-refractivity contribution in [3.05, 3.63) is 144 Å². The van der Waals surface area contributed by atoms with E-state index in [1.165, 1.54) is 28.0 Å². The Morgan fingerprint density at radius 3 is 2.44 bits per heavy atom. The van der Waals surface area contributed by atoms with Crippen LogP contribution >= 0.6 is 22.9 Å². The van der Waals surface area contributed by atoms with Crippen LogP contribution in [0.1, 0.15) is 40.2 Å². The van der Waals surface area contributed by atoms with E-state index in [0.717, 1.165) is 11.1 Å². The predicted molar refractivity (Wildman–Crippen MR) is 164 cm³/mol. The minimum atomic E-state index is -1.15. The highest BCUT2D eigenvalue weighted by Gasteiger charge is 2.35. The topological polar surface area (TPSA) is 111 Å². The molecule has 0 aliphatic carbocycles. The van der Waals surface area contributed by atoms with E-state index in [2.05, 4.69) is 0 Å².